The second kappa shape index (κ2) is 4.49. The maximum absolute atomic E-state index is 11.5. The fourth-order valence-corrected chi connectivity index (χ4v) is 2.94. The molecule has 0 saturated carbocycles. The lowest BCUT2D eigenvalue weighted by Gasteiger charge is -2.18. The minimum atomic E-state index is -3.27. The van der Waals surface area contributed by atoms with Crippen molar-refractivity contribution in [1.82, 2.24) is 0 Å². The molecule has 19 heavy (non-hydrogen) atoms. The Labute approximate surface area is 114 Å². The van der Waals surface area contributed by atoms with Crippen LogP contribution in [0.15, 0.2) is 18.2 Å². The first-order valence-electron chi connectivity index (χ1n) is 6.29. The second-order valence-corrected chi connectivity index (χ2v) is 8.29. The van der Waals surface area contributed by atoms with Gasteiger partial charge in [0.25, 0.3) is 0 Å². The van der Waals surface area contributed by atoms with E-state index in [2.05, 4.69) is 0 Å². The number of ether oxygens (including phenoxy) is 1. The first kappa shape index (κ1) is 14.3. The van der Waals surface area contributed by atoms with Gasteiger partial charge < -0.3 is 9.84 Å². The minimum absolute atomic E-state index is 0.242. The standard InChI is InChI=1S/C14H20O4S/c1-9(19(4,16)17)13(15)10-5-6-12-11(7-10)8-14(2,3)18-12/h5-7,9,13,15H,8H2,1-4H3. The molecule has 1 aliphatic heterocycles. The van der Waals surface area contributed by atoms with Crippen molar-refractivity contribution in [2.45, 2.75) is 44.1 Å². The number of fused-ring (bicyclic) bond motifs is 1. The highest BCUT2D eigenvalue weighted by Gasteiger charge is 2.32. The zero-order chi connectivity index (χ0) is 14.4. The summed E-state index contributed by atoms with van der Waals surface area (Å²) in [6.45, 7) is 5.53. The first-order chi connectivity index (χ1) is 8.60. The summed E-state index contributed by atoms with van der Waals surface area (Å²) in [5.41, 5.74) is 1.40. The van der Waals surface area contributed by atoms with E-state index < -0.39 is 21.2 Å². The largest absolute Gasteiger partial charge is 0.487 e. The summed E-state index contributed by atoms with van der Waals surface area (Å²) in [4.78, 5) is 0. The molecule has 0 spiro atoms. The molecule has 2 unspecified atom stereocenters. The molecule has 0 amide bonds. The van der Waals surface area contributed by atoms with Gasteiger partial charge in [-0.3, -0.25) is 0 Å². The van der Waals surface area contributed by atoms with Crippen molar-refractivity contribution in [2.75, 3.05) is 6.26 Å². The summed E-state index contributed by atoms with van der Waals surface area (Å²) in [6, 6.07) is 5.38. The molecule has 2 rings (SSSR count). The van der Waals surface area contributed by atoms with Gasteiger partial charge in [0.15, 0.2) is 9.84 Å². The maximum Gasteiger partial charge on any atom is 0.152 e. The lowest BCUT2D eigenvalue weighted by atomic mass is 9.98. The number of sulfone groups is 1. The van der Waals surface area contributed by atoms with E-state index in [1.807, 2.05) is 19.9 Å². The van der Waals surface area contributed by atoms with Gasteiger partial charge in [-0.05, 0) is 44.0 Å². The lowest BCUT2D eigenvalue weighted by Crippen LogP contribution is -2.24. The summed E-state index contributed by atoms with van der Waals surface area (Å²) in [5, 5.41) is 9.35. The minimum Gasteiger partial charge on any atom is -0.487 e. The summed E-state index contributed by atoms with van der Waals surface area (Å²) < 4.78 is 28.8. The number of rotatable bonds is 3. The first-order valence-corrected chi connectivity index (χ1v) is 8.24. The summed E-state index contributed by atoms with van der Waals surface area (Å²) in [5.74, 6) is 0.813. The van der Waals surface area contributed by atoms with E-state index in [4.69, 9.17) is 4.74 Å². The van der Waals surface area contributed by atoms with Gasteiger partial charge in [0.05, 0.1) is 11.4 Å². The van der Waals surface area contributed by atoms with Crippen molar-refractivity contribution in [3.8, 4) is 5.75 Å². The highest BCUT2D eigenvalue weighted by atomic mass is 32.2. The Morgan fingerprint density at radius 2 is 2.00 bits per heavy atom. The molecule has 0 fully saturated rings. The number of hydrogen-bond acceptors (Lipinski definition) is 4. The van der Waals surface area contributed by atoms with E-state index in [1.54, 1.807) is 12.1 Å². The van der Waals surface area contributed by atoms with Crippen LogP contribution in [0.3, 0.4) is 0 Å². The van der Waals surface area contributed by atoms with Crippen molar-refractivity contribution >= 4 is 9.84 Å². The zero-order valence-electron chi connectivity index (χ0n) is 11.7. The van der Waals surface area contributed by atoms with E-state index in [9.17, 15) is 13.5 Å². The molecule has 0 bridgehead atoms. The Kier molecular flexibility index (Phi) is 3.39. The fourth-order valence-electron chi connectivity index (χ4n) is 2.32. The molecule has 1 aromatic carbocycles. The molecule has 1 aliphatic rings. The van der Waals surface area contributed by atoms with Crippen molar-refractivity contribution in [3.05, 3.63) is 29.3 Å². The normalized spacial score (nSPS) is 20.5. The molecule has 1 N–H and O–H groups in total. The molecule has 4 nitrogen and oxygen atoms in total. The summed E-state index contributed by atoms with van der Waals surface area (Å²) >= 11 is 0. The van der Waals surface area contributed by atoms with Gasteiger partial charge in [0, 0.05) is 12.7 Å². The third-order valence-corrected chi connectivity index (χ3v) is 5.16. The van der Waals surface area contributed by atoms with Crippen molar-refractivity contribution in [3.63, 3.8) is 0 Å². The number of aliphatic hydroxyl groups excluding tert-OH is 1. The molecule has 0 radical (unpaired) electrons. The molecular formula is C14H20O4S. The Hall–Kier alpha value is -1.07. The van der Waals surface area contributed by atoms with E-state index >= 15 is 0 Å². The SMILES string of the molecule is CC(C(O)c1ccc2c(c1)CC(C)(C)O2)S(C)(=O)=O. The molecule has 5 heteroatoms. The average Bonchev–Trinajstić information content (AvgIpc) is 2.58. The molecule has 106 valence electrons. The molecule has 2 atom stereocenters. The monoisotopic (exact) mass is 284 g/mol. The fraction of sp³-hybridized carbons (Fsp3) is 0.571. The Morgan fingerprint density at radius 1 is 1.37 bits per heavy atom. The van der Waals surface area contributed by atoms with Crippen LogP contribution in [0.25, 0.3) is 0 Å². The molecule has 0 aromatic heterocycles. The van der Waals surface area contributed by atoms with E-state index in [1.165, 1.54) is 6.92 Å². The quantitative estimate of drug-likeness (QED) is 0.920. The van der Waals surface area contributed by atoms with Crippen LogP contribution < -0.4 is 4.74 Å². The Bertz CT molecular complexity index is 589. The maximum atomic E-state index is 11.5. The van der Waals surface area contributed by atoms with Gasteiger partial charge in [-0.1, -0.05) is 6.07 Å². The van der Waals surface area contributed by atoms with Gasteiger partial charge in [-0.15, -0.1) is 0 Å². The highest BCUT2D eigenvalue weighted by molar-refractivity contribution is 7.91. The molecule has 0 saturated heterocycles. The summed E-state index contributed by atoms with van der Waals surface area (Å²) in [6.07, 6.45) is 0.889. The predicted octanol–water partition coefficient (Wildman–Crippen LogP) is 1.87. The third-order valence-electron chi connectivity index (χ3n) is 3.55. The van der Waals surface area contributed by atoms with Gasteiger partial charge >= 0.3 is 0 Å². The van der Waals surface area contributed by atoms with Gasteiger partial charge in [-0.2, -0.15) is 0 Å². The van der Waals surface area contributed by atoms with Crippen LogP contribution >= 0.6 is 0 Å². The van der Waals surface area contributed by atoms with Gasteiger partial charge in [0.1, 0.15) is 11.4 Å². The van der Waals surface area contributed by atoms with Crippen LogP contribution in [-0.4, -0.2) is 30.6 Å². The van der Waals surface area contributed by atoms with Gasteiger partial charge in [0.2, 0.25) is 0 Å². The van der Waals surface area contributed by atoms with E-state index in [0.717, 1.165) is 24.0 Å². The zero-order valence-corrected chi connectivity index (χ0v) is 12.5. The van der Waals surface area contributed by atoms with Crippen LogP contribution in [0.4, 0.5) is 0 Å². The van der Waals surface area contributed by atoms with Gasteiger partial charge in [-0.25, -0.2) is 8.42 Å². The lowest BCUT2D eigenvalue weighted by molar-refractivity contribution is 0.138. The highest BCUT2D eigenvalue weighted by Crippen LogP contribution is 2.36. The van der Waals surface area contributed by atoms with E-state index in [0.29, 0.717) is 5.56 Å². The van der Waals surface area contributed by atoms with Crippen molar-refractivity contribution in [2.24, 2.45) is 0 Å². The Balaban J connectivity index is 2.30. The second-order valence-electron chi connectivity index (χ2n) is 5.89. The predicted molar refractivity (Wildman–Crippen MR) is 74.1 cm³/mol. The van der Waals surface area contributed by atoms with Crippen LogP contribution in [-0.2, 0) is 16.3 Å². The molecule has 1 heterocycles. The smallest absolute Gasteiger partial charge is 0.152 e. The van der Waals surface area contributed by atoms with Crippen molar-refractivity contribution < 1.29 is 18.3 Å². The topological polar surface area (TPSA) is 63.6 Å². The molecular weight excluding hydrogens is 264 g/mol. The van der Waals surface area contributed by atoms with Crippen molar-refractivity contribution in [1.29, 1.82) is 0 Å². The average molecular weight is 284 g/mol. The third kappa shape index (κ3) is 2.92. The Morgan fingerprint density at radius 3 is 2.58 bits per heavy atom. The van der Waals surface area contributed by atoms with Crippen LogP contribution in [0.5, 0.6) is 5.75 Å². The van der Waals surface area contributed by atoms with Crippen LogP contribution in [0, 0.1) is 0 Å². The summed E-state index contributed by atoms with van der Waals surface area (Å²) in [7, 11) is -3.27. The number of aliphatic hydroxyl groups is 1. The van der Waals surface area contributed by atoms with Crippen LogP contribution in [0.1, 0.15) is 38.0 Å². The van der Waals surface area contributed by atoms with Crippen LogP contribution in [0.2, 0.25) is 0 Å². The molecule has 1 aromatic rings. The van der Waals surface area contributed by atoms with E-state index in [-0.39, 0.29) is 5.60 Å². The molecule has 0 aliphatic carbocycles. The number of benzene rings is 1. The number of hydrogen-bond donors (Lipinski definition) is 1.